The van der Waals surface area contributed by atoms with Gasteiger partial charge < -0.3 is 24.9 Å². The van der Waals surface area contributed by atoms with Crippen molar-refractivity contribution >= 4 is 11.6 Å². The SMILES string of the molecule is COc1c(NN)ncnc1N1CC(C)OC(CO)C1. The first-order valence-electron chi connectivity index (χ1n) is 6.06. The summed E-state index contributed by atoms with van der Waals surface area (Å²) in [6, 6.07) is 0. The van der Waals surface area contributed by atoms with Gasteiger partial charge in [-0.3, -0.25) is 0 Å². The Hall–Kier alpha value is -1.64. The number of hydrogen-bond acceptors (Lipinski definition) is 8. The smallest absolute Gasteiger partial charge is 0.205 e. The molecule has 0 aromatic carbocycles. The van der Waals surface area contributed by atoms with E-state index in [1.54, 1.807) is 0 Å². The number of aliphatic hydroxyl groups is 1. The van der Waals surface area contributed by atoms with E-state index in [9.17, 15) is 5.11 Å². The van der Waals surface area contributed by atoms with Crippen LogP contribution in [0.25, 0.3) is 0 Å². The number of nitrogen functional groups attached to an aromatic ring is 1. The first-order chi connectivity index (χ1) is 9.19. The number of nitrogens with two attached hydrogens (primary N) is 1. The fourth-order valence-corrected chi connectivity index (χ4v) is 2.20. The summed E-state index contributed by atoms with van der Waals surface area (Å²) < 4.78 is 10.9. The Morgan fingerprint density at radius 3 is 3.00 bits per heavy atom. The zero-order valence-corrected chi connectivity index (χ0v) is 11.0. The van der Waals surface area contributed by atoms with Crippen molar-refractivity contribution < 1.29 is 14.6 Å². The fourth-order valence-electron chi connectivity index (χ4n) is 2.20. The molecule has 1 fully saturated rings. The summed E-state index contributed by atoms with van der Waals surface area (Å²) in [5.74, 6) is 6.95. The molecule has 0 spiro atoms. The van der Waals surface area contributed by atoms with Gasteiger partial charge in [0.25, 0.3) is 0 Å². The van der Waals surface area contributed by atoms with Crippen LogP contribution in [0, 0.1) is 0 Å². The highest BCUT2D eigenvalue weighted by atomic mass is 16.5. The van der Waals surface area contributed by atoms with Crippen molar-refractivity contribution in [2.45, 2.75) is 19.1 Å². The van der Waals surface area contributed by atoms with Crippen molar-refractivity contribution in [1.29, 1.82) is 0 Å². The monoisotopic (exact) mass is 269 g/mol. The number of rotatable bonds is 4. The maximum atomic E-state index is 9.25. The van der Waals surface area contributed by atoms with Crippen molar-refractivity contribution in [2.24, 2.45) is 5.84 Å². The number of hydrazine groups is 1. The molecular formula is C11H19N5O3. The van der Waals surface area contributed by atoms with Crippen LogP contribution in [0.5, 0.6) is 5.75 Å². The second-order valence-corrected chi connectivity index (χ2v) is 4.38. The molecule has 0 bridgehead atoms. The maximum absolute atomic E-state index is 9.25. The lowest BCUT2D eigenvalue weighted by atomic mass is 10.2. The normalized spacial score (nSPS) is 23.3. The molecule has 1 saturated heterocycles. The maximum Gasteiger partial charge on any atom is 0.205 e. The van der Waals surface area contributed by atoms with Crippen molar-refractivity contribution in [2.75, 3.05) is 37.1 Å². The Kier molecular flexibility index (Phi) is 4.35. The second-order valence-electron chi connectivity index (χ2n) is 4.38. The number of aromatic nitrogens is 2. The molecule has 1 aliphatic heterocycles. The molecule has 19 heavy (non-hydrogen) atoms. The number of ether oxygens (including phenoxy) is 2. The quantitative estimate of drug-likeness (QED) is 0.489. The zero-order valence-electron chi connectivity index (χ0n) is 11.0. The van der Waals surface area contributed by atoms with Crippen molar-refractivity contribution in [1.82, 2.24) is 9.97 Å². The number of nitrogens with one attached hydrogen (secondary N) is 1. The third-order valence-electron chi connectivity index (χ3n) is 2.96. The summed E-state index contributed by atoms with van der Waals surface area (Å²) in [4.78, 5) is 10.2. The van der Waals surface area contributed by atoms with Gasteiger partial charge >= 0.3 is 0 Å². The Balaban J connectivity index is 2.30. The summed E-state index contributed by atoms with van der Waals surface area (Å²) in [5, 5.41) is 9.25. The zero-order chi connectivity index (χ0) is 13.8. The number of methoxy groups -OCH3 is 1. The van der Waals surface area contributed by atoms with Gasteiger partial charge in [-0.05, 0) is 6.92 Å². The molecule has 1 aliphatic rings. The van der Waals surface area contributed by atoms with Gasteiger partial charge in [-0.15, -0.1) is 0 Å². The molecule has 1 aromatic heterocycles. The standard InChI is InChI=1S/C11H19N5O3/c1-7-3-16(4-8(5-17)19-7)11-9(18-2)10(15-12)13-6-14-11/h6-8,17H,3-5,12H2,1-2H3,(H,13,14,15). The number of aliphatic hydroxyl groups excluding tert-OH is 1. The Morgan fingerprint density at radius 1 is 1.58 bits per heavy atom. The number of morpholine rings is 1. The Labute approximate surface area is 111 Å². The molecule has 106 valence electrons. The average Bonchev–Trinajstić information content (AvgIpc) is 2.45. The van der Waals surface area contributed by atoms with Crippen LogP contribution in [0.2, 0.25) is 0 Å². The lowest BCUT2D eigenvalue weighted by Crippen LogP contribution is -2.48. The van der Waals surface area contributed by atoms with E-state index in [1.807, 2.05) is 11.8 Å². The van der Waals surface area contributed by atoms with Crippen molar-refractivity contribution in [3.63, 3.8) is 0 Å². The summed E-state index contributed by atoms with van der Waals surface area (Å²) in [5.41, 5.74) is 2.48. The molecule has 0 saturated carbocycles. The van der Waals surface area contributed by atoms with Crippen LogP contribution in [-0.2, 0) is 4.74 Å². The van der Waals surface area contributed by atoms with Crippen molar-refractivity contribution in [3.8, 4) is 5.75 Å². The topological polar surface area (TPSA) is 106 Å². The van der Waals surface area contributed by atoms with E-state index in [-0.39, 0.29) is 18.8 Å². The lowest BCUT2D eigenvalue weighted by Gasteiger charge is -2.37. The molecule has 2 rings (SSSR count). The van der Waals surface area contributed by atoms with Gasteiger partial charge in [-0.1, -0.05) is 0 Å². The van der Waals surface area contributed by atoms with Gasteiger partial charge in [0.05, 0.1) is 25.9 Å². The van der Waals surface area contributed by atoms with E-state index in [0.29, 0.717) is 30.5 Å². The molecule has 4 N–H and O–H groups in total. The van der Waals surface area contributed by atoms with Crippen molar-refractivity contribution in [3.05, 3.63) is 6.33 Å². The minimum absolute atomic E-state index is 0.000132. The minimum atomic E-state index is -0.238. The molecular weight excluding hydrogens is 250 g/mol. The molecule has 0 radical (unpaired) electrons. The van der Waals surface area contributed by atoms with Crippen LogP contribution >= 0.6 is 0 Å². The summed E-state index contributed by atoms with van der Waals surface area (Å²) >= 11 is 0. The van der Waals surface area contributed by atoms with Gasteiger partial charge in [-0.25, -0.2) is 15.8 Å². The predicted octanol–water partition coefficient (Wildman–Crippen LogP) is -0.643. The van der Waals surface area contributed by atoms with Crippen LogP contribution in [0.4, 0.5) is 11.6 Å². The fraction of sp³-hybridized carbons (Fsp3) is 0.636. The lowest BCUT2D eigenvalue weighted by molar-refractivity contribution is -0.0423. The molecule has 8 nitrogen and oxygen atoms in total. The summed E-state index contributed by atoms with van der Waals surface area (Å²) in [7, 11) is 1.54. The van der Waals surface area contributed by atoms with Gasteiger partial charge in [0, 0.05) is 13.1 Å². The van der Waals surface area contributed by atoms with Gasteiger partial charge in [0.1, 0.15) is 6.33 Å². The van der Waals surface area contributed by atoms with E-state index in [2.05, 4.69) is 15.4 Å². The number of nitrogens with zero attached hydrogens (tertiary/aromatic N) is 3. The van der Waals surface area contributed by atoms with E-state index in [4.69, 9.17) is 15.3 Å². The molecule has 2 atom stereocenters. The minimum Gasteiger partial charge on any atom is -0.490 e. The van der Waals surface area contributed by atoms with Crippen LogP contribution in [-0.4, -0.2) is 54.1 Å². The van der Waals surface area contributed by atoms with Gasteiger partial charge in [0.2, 0.25) is 5.75 Å². The van der Waals surface area contributed by atoms with E-state index >= 15 is 0 Å². The third-order valence-corrected chi connectivity index (χ3v) is 2.96. The first-order valence-corrected chi connectivity index (χ1v) is 6.06. The molecule has 0 amide bonds. The van der Waals surface area contributed by atoms with Gasteiger partial charge in [0.15, 0.2) is 11.6 Å². The average molecular weight is 269 g/mol. The third kappa shape index (κ3) is 2.86. The van der Waals surface area contributed by atoms with E-state index < -0.39 is 0 Å². The molecule has 2 unspecified atom stereocenters. The highest BCUT2D eigenvalue weighted by Gasteiger charge is 2.28. The largest absolute Gasteiger partial charge is 0.490 e. The molecule has 1 aromatic rings. The summed E-state index contributed by atoms with van der Waals surface area (Å²) in [6.07, 6.45) is 1.18. The van der Waals surface area contributed by atoms with Crippen LogP contribution in [0.3, 0.4) is 0 Å². The highest BCUT2D eigenvalue weighted by molar-refractivity contribution is 5.64. The second kappa shape index (κ2) is 6.00. The first kappa shape index (κ1) is 13.8. The number of hydrogen-bond donors (Lipinski definition) is 3. The molecule has 8 heteroatoms. The Bertz CT molecular complexity index is 431. The number of anilines is 2. The predicted molar refractivity (Wildman–Crippen MR) is 70.0 cm³/mol. The highest BCUT2D eigenvalue weighted by Crippen LogP contribution is 2.32. The van der Waals surface area contributed by atoms with Crippen LogP contribution in [0.1, 0.15) is 6.92 Å². The molecule has 0 aliphatic carbocycles. The Morgan fingerprint density at radius 2 is 2.37 bits per heavy atom. The van der Waals surface area contributed by atoms with Crippen LogP contribution in [0.15, 0.2) is 6.33 Å². The van der Waals surface area contributed by atoms with E-state index in [1.165, 1.54) is 13.4 Å². The molecule has 2 heterocycles. The van der Waals surface area contributed by atoms with E-state index in [0.717, 1.165) is 0 Å². The van der Waals surface area contributed by atoms with Gasteiger partial charge in [-0.2, -0.15) is 0 Å². The van der Waals surface area contributed by atoms with Crippen LogP contribution < -0.4 is 20.9 Å². The summed E-state index contributed by atoms with van der Waals surface area (Å²) in [6.45, 7) is 3.12.